The zero-order valence-electron chi connectivity index (χ0n) is 25.2. The number of rotatable bonds is 6. The van der Waals surface area contributed by atoms with E-state index in [2.05, 4.69) is 17.2 Å². The lowest BCUT2D eigenvalue weighted by molar-refractivity contribution is -0.112. The average Bonchev–Trinajstić information content (AvgIpc) is 2.94. The zero-order chi connectivity index (χ0) is 31.6. The fourth-order valence-corrected chi connectivity index (χ4v) is 4.98. The van der Waals surface area contributed by atoms with E-state index >= 15 is 0 Å². The number of phenols is 2. The minimum atomic E-state index is -0.990. The first-order valence-corrected chi connectivity index (χ1v) is 13.8. The maximum atomic E-state index is 13.0. The van der Waals surface area contributed by atoms with Crippen LogP contribution in [0, 0.1) is 11.8 Å². The lowest BCUT2D eigenvalue weighted by atomic mass is 9.87. The number of nitrogens with two attached hydrogens (primary N) is 1. The van der Waals surface area contributed by atoms with Gasteiger partial charge in [-0.25, -0.2) is 4.79 Å². The van der Waals surface area contributed by atoms with Crippen LogP contribution in [0.15, 0.2) is 54.2 Å². The molecular weight excluding hydrogens is 542 g/mol. The highest BCUT2D eigenvalue weighted by Crippen LogP contribution is 2.42. The number of anilines is 2. The summed E-state index contributed by atoms with van der Waals surface area (Å²) in [5.74, 6) is -1.41. The van der Waals surface area contributed by atoms with Crippen LogP contribution in [0.1, 0.15) is 39.7 Å². The predicted molar refractivity (Wildman–Crippen MR) is 162 cm³/mol. The van der Waals surface area contributed by atoms with Crippen molar-refractivity contribution < 1.29 is 39.1 Å². The Labute approximate surface area is 247 Å². The highest BCUT2D eigenvalue weighted by atomic mass is 16.6. The Morgan fingerprint density at radius 2 is 1.93 bits per heavy atom. The standard InChI is InChI=1S/C31H45N3O8/c1-8-12-33-26-21-13-17(2)14-25(41-7)27(36)19(4)15-20(5)29(42-31(32)39)24(40-6)11-9-10-18(3)30(38)34-22(28(21)37)16-23(26)35/h8-11,15-17,19,24-25,27,29,33,35-37H,1,12-14H2,2-7H3,(H2,32,39)(H,34,38)/b11-9-,18-10-,20-15+/t17-,19-,24-,25-,27?,29-/m0/s1. The summed E-state index contributed by atoms with van der Waals surface area (Å²) in [6.45, 7) is 11.1. The topological polar surface area (TPSA) is 173 Å². The molecule has 1 aliphatic rings. The first-order valence-electron chi connectivity index (χ1n) is 13.8. The van der Waals surface area contributed by atoms with Gasteiger partial charge in [-0.3, -0.25) is 4.79 Å². The van der Waals surface area contributed by atoms with E-state index in [4.69, 9.17) is 19.9 Å². The summed E-state index contributed by atoms with van der Waals surface area (Å²) >= 11 is 0. The van der Waals surface area contributed by atoms with E-state index in [-0.39, 0.29) is 23.1 Å². The molecule has 7 N–H and O–H groups in total. The molecule has 1 aromatic rings. The Morgan fingerprint density at radius 3 is 2.52 bits per heavy atom. The average molecular weight is 588 g/mol. The SMILES string of the molecule is C=CCNc1c(O)cc2c(O)c1C[C@H](C)C[C@H](OC)C(O)[C@@H](C)/C=C(\C)[C@H](OC(N)=O)[C@@H](OC)/C=C\C=C(\C)C(=O)N2. The lowest BCUT2D eigenvalue weighted by Gasteiger charge is -2.29. The fourth-order valence-electron chi connectivity index (χ4n) is 4.98. The second kappa shape index (κ2) is 16.0. The van der Waals surface area contributed by atoms with Gasteiger partial charge in [0.05, 0.1) is 23.6 Å². The quantitative estimate of drug-likeness (QED) is 0.162. The van der Waals surface area contributed by atoms with Gasteiger partial charge in [0.25, 0.3) is 5.91 Å². The molecule has 2 bridgehead atoms. The number of aliphatic hydroxyl groups excluding tert-OH is 1. The van der Waals surface area contributed by atoms with Crippen molar-refractivity contribution in [2.24, 2.45) is 17.6 Å². The summed E-state index contributed by atoms with van der Waals surface area (Å²) < 4.78 is 16.6. The number of hydrogen-bond acceptors (Lipinski definition) is 9. The van der Waals surface area contributed by atoms with Crippen LogP contribution < -0.4 is 16.4 Å². The number of ether oxygens (including phenoxy) is 3. The molecule has 0 saturated heterocycles. The number of benzene rings is 1. The number of methoxy groups -OCH3 is 2. The fraction of sp³-hybridized carbons (Fsp3) is 0.484. The lowest BCUT2D eigenvalue weighted by Crippen LogP contribution is -2.37. The molecule has 2 amide bonds. The van der Waals surface area contributed by atoms with E-state index < -0.39 is 42.3 Å². The number of nitrogens with one attached hydrogen (secondary N) is 2. The van der Waals surface area contributed by atoms with Gasteiger partial charge in [-0.1, -0.05) is 44.2 Å². The molecule has 42 heavy (non-hydrogen) atoms. The first-order chi connectivity index (χ1) is 19.8. The summed E-state index contributed by atoms with van der Waals surface area (Å²) in [5, 5.41) is 39.1. The van der Waals surface area contributed by atoms with Gasteiger partial charge in [-0.05, 0) is 38.2 Å². The monoisotopic (exact) mass is 587 g/mol. The van der Waals surface area contributed by atoms with Crippen LogP contribution in [0.4, 0.5) is 16.2 Å². The molecule has 232 valence electrons. The number of carbonyl (C=O) groups excluding carboxylic acids is 2. The number of allylic oxidation sites excluding steroid dienone is 2. The van der Waals surface area contributed by atoms with Crippen LogP contribution in [0.3, 0.4) is 0 Å². The summed E-state index contributed by atoms with van der Waals surface area (Å²) in [5.41, 5.74) is 7.01. The molecule has 0 aliphatic carbocycles. The molecule has 1 aromatic carbocycles. The van der Waals surface area contributed by atoms with Gasteiger partial charge >= 0.3 is 6.09 Å². The zero-order valence-corrected chi connectivity index (χ0v) is 25.2. The smallest absolute Gasteiger partial charge is 0.405 e. The van der Waals surface area contributed by atoms with Gasteiger partial charge < -0.3 is 45.9 Å². The van der Waals surface area contributed by atoms with Crippen molar-refractivity contribution in [2.75, 3.05) is 31.4 Å². The molecule has 11 nitrogen and oxygen atoms in total. The van der Waals surface area contributed by atoms with Crippen molar-refractivity contribution in [3.63, 3.8) is 0 Å². The molecule has 2 rings (SSSR count). The molecule has 0 spiro atoms. The molecule has 1 heterocycles. The van der Waals surface area contributed by atoms with Crippen LogP contribution >= 0.6 is 0 Å². The van der Waals surface area contributed by atoms with Crippen molar-refractivity contribution in [3.8, 4) is 11.5 Å². The molecular formula is C31H45N3O8. The second-order valence-corrected chi connectivity index (χ2v) is 10.6. The third-order valence-electron chi connectivity index (χ3n) is 7.25. The number of aliphatic hydroxyl groups is 1. The molecule has 0 aromatic heterocycles. The molecule has 0 radical (unpaired) electrons. The molecule has 1 unspecified atom stereocenters. The number of fused-ring (bicyclic) bond motifs is 2. The predicted octanol–water partition coefficient (Wildman–Crippen LogP) is 4.16. The van der Waals surface area contributed by atoms with Gasteiger partial charge in [0.15, 0.2) is 6.10 Å². The first kappa shape index (κ1) is 34.4. The number of phenolic OH excluding ortho intramolecular Hbond substituents is 2. The minimum Gasteiger partial charge on any atom is -0.506 e. The largest absolute Gasteiger partial charge is 0.506 e. The summed E-state index contributed by atoms with van der Waals surface area (Å²) in [6.07, 6.45) is 4.64. The second-order valence-electron chi connectivity index (χ2n) is 10.6. The normalized spacial score (nSPS) is 29.3. The molecule has 6 atom stereocenters. The number of aromatic hydroxyl groups is 2. The van der Waals surface area contributed by atoms with Crippen LogP contribution in [0.2, 0.25) is 0 Å². The van der Waals surface area contributed by atoms with E-state index in [1.165, 1.54) is 26.4 Å². The van der Waals surface area contributed by atoms with E-state index in [9.17, 15) is 24.9 Å². The summed E-state index contributed by atoms with van der Waals surface area (Å²) in [6, 6.07) is 1.28. The minimum absolute atomic E-state index is 0.0416. The van der Waals surface area contributed by atoms with Crippen LogP contribution in [-0.2, 0) is 25.4 Å². The van der Waals surface area contributed by atoms with Crippen LogP contribution in [-0.4, -0.2) is 72.5 Å². The van der Waals surface area contributed by atoms with Gasteiger partial charge in [-0.15, -0.1) is 6.58 Å². The number of primary amides is 1. The summed E-state index contributed by atoms with van der Waals surface area (Å²) in [4.78, 5) is 24.7. The Morgan fingerprint density at radius 1 is 1.24 bits per heavy atom. The molecule has 1 aliphatic heterocycles. The number of amides is 2. The number of carbonyl (C=O) groups is 2. The Hall–Kier alpha value is -3.80. The van der Waals surface area contributed by atoms with E-state index in [1.807, 2.05) is 13.8 Å². The van der Waals surface area contributed by atoms with Gasteiger partial charge in [0.1, 0.15) is 17.6 Å². The Bertz CT molecular complexity index is 1210. The van der Waals surface area contributed by atoms with Crippen molar-refractivity contribution in [3.05, 3.63) is 59.7 Å². The van der Waals surface area contributed by atoms with Gasteiger partial charge in [-0.2, -0.15) is 0 Å². The van der Waals surface area contributed by atoms with E-state index in [0.717, 1.165) is 0 Å². The molecule has 0 fully saturated rings. The highest BCUT2D eigenvalue weighted by molar-refractivity contribution is 6.04. The van der Waals surface area contributed by atoms with Crippen molar-refractivity contribution in [2.45, 2.75) is 65.0 Å². The number of hydrogen-bond donors (Lipinski definition) is 6. The molecule has 11 heteroatoms. The highest BCUT2D eigenvalue weighted by Gasteiger charge is 2.30. The van der Waals surface area contributed by atoms with Crippen LogP contribution in [0.5, 0.6) is 11.5 Å². The maximum absolute atomic E-state index is 13.0. The van der Waals surface area contributed by atoms with Crippen molar-refractivity contribution in [1.82, 2.24) is 0 Å². The van der Waals surface area contributed by atoms with Crippen LogP contribution in [0.25, 0.3) is 0 Å². The molecule has 0 saturated carbocycles. The van der Waals surface area contributed by atoms with E-state index in [0.29, 0.717) is 41.8 Å². The van der Waals surface area contributed by atoms with Crippen molar-refractivity contribution >= 4 is 23.4 Å². The summed E-state index contributed by atoms with van der Waals surface area (Å²) in [7, 11) is 2.95. The van der Waals surface area contributed by atoms with Crippen molar-refractivity contribution in [1.29, 1.82) is 0 Å². The Balaban J connectivity index is 2.67. The van der Waals surface area contributed by atoms with Gasteiger partial charge in [0, 0.05) is 43.9 Å². The third kappa shape index (κ3) is 9.10. The van der Waals surface area contributed by atoms with Gasteiger partial charge in [0.2, 0.25) is 0 Å². The third-order valence-corrected chi connectivity index (χ3v) is 7.25. The maximum Gasteiger partial charge on any atom is 0.405 e. The Kier molecular flexibility index (Phi) is 13.1. The van der Waals surface area contributed by atoms with E-state index in [1.54, 1.807) is 38.2 Å².